The van der Waals surface area contributed by atoms with Crippen molar-refractivity contribution in [1.29, 1.82) is 0 Å². The zero-order chi connectivity index (χ0) is 10.8. The van der Waals surface area contributed by atoms with Gasteiger partial charge in [-0.05, 0) is 11.4 Å². The average molecular weight is 225 g/mol. The van der Waals surface area contributed by atoms with Crippen molar-refractivity contribution >= 4 is 29.2 Å². The Balaban J connectivity index is 2.14. The van der Waals surface area contributed by atoms with Gasteiger partial charge in [0.2, 0.25) is 0 Å². The number of thiophene rings is 1. The molecule has 2 rings (SSSR count). The van der Waals surface area contributed by atoms with E-state index in [2.05, 4.69) is 4.74 Å². The molecule has 15 heavy (non-hydrogen) atoms. The summed E-state index contributed by atoms with van der Waals surface area (Å²) in [6.07, 6.45) is 0. The number of morpholine rings is 1. The molecule has 0 aromatic carbocycles. The Morgan fingerprint density at radius 2 is 2.00 bits per heavy atom. The van der Waals surface area contributed by atoms with Gasteiger partial charge < -0.3 is 9.64 Å². The molecule has 1 aliphatic heterocycles. The molecular formula is C9H7NO4S. The lowest BCUT2D eigenvalue weighted by atomic mass is 10.3. The number of ether oxygens (including phenoxy) is 1. The van der Waals surface area contributed by atoms with Crippen molar-refractivity contribution in [3.05, 3.63) is 22.4 Å². The van der Waals surface area contributed by atoms with E-state index in [9.17, 15) is 14.4 Å². The number of cyclic esters (lactones) is 2. The average Bonchev–Trinajstić information content (AvgIpc) is 2.67. The highest BCUT2D eigenvalue weighted by Gasteiger charge is 2.29. The molecule has 0 N–H and O–H groups in total. The van der Waals surface area contributed by atoms with E-state index in [1.165, 1.54) is 16.2 Å². The van der Waals surface area contributed by atoms with Gasteiger partial charge in [-0.15, -0.1) is 11.3 Å². The molecule has 2 heterocycles. The maximum atomic E-state index is 11.7. The number of carbonyl (C=O) groups excluding carboxylic acids is 3. The van der Waals surface area contributed by atoms with E-state index < -0.39 is 11.9 Å². The molecule has 0 spiro atoms. The first-order chi connectivity index (χ1) is 7.16. The van der Waals surface area contributed by atoms with E-state index in [0.717, 1.165) is 0 Å². The van der Waals surface area contributed by atoms with Gasteiger partial charge in [0.1, 0.15) is 13.1 Å². The molecule has 0 saturated carbocycles. The summed E-state index contributed by atoms with van der Waals surface area (Å²) in [4.78, 5) is 35.3. The third kappa shape index (κ3) is 2.04. The highest BCUT2D eigenvalue weighted by atomic mass is 32.1. The van der Waals surface area contributed by atoms with Crippen LogP contribution in [0.5, 0.6) is 0 Å². The summed E-state index contributed by atoms with van der Waals surface area (Å²) in [6.45, 7) is -0.328. The Hall–Kier alpha value is -1.69. The van der Waals surface area contributed by atoms with Gasteiger partial charge in [-0.1, -0.05) is 6.07 Å². The monoisotopic (exact) mass is 225 g/mol. The first-order valence-corrected chi connectivity index (χ1v) is 5.11. The topological polar surface area (TPSA) is 63.7 Å². The van der Waals surface area contributed by atoms with Crippen LogP contribution < -0.4 is 0 Å². The van der Waals surface area contributed by atoms with Crippen molar-refractivity contribution in [2.75, 3.05) is 13.1 Å². The molecule has 0 radical (unpaired) electrons. The van der Waals surface area contributed by atoms with Gasteiger partial charge in [-0.3, -0.25) is 4.79 Å². The molecule has 1 fully saturated rings. The molecule has 1 aliphatic rings. The minimum Gasteiger partial charge on any atom is -0.390 e. The summed E-state index contributed by atoms with van der Waals surface area (Å²) in [6, 6.07) is 3.39. The third-order valence-electron chi connectivity index (χ3n) is 1.89. The van der Waals surface area contributed by atoms with Crippen molar-refractivity contribution in [2.24, 2.45) is 0 Å². The summed E-state index contributed by atoms with van der Waals surface area (Å²) in [5.41, 5.74) is 0. The van der Waals surface area contributed by atoms with Crippen LogP contribution in [0.1, 0.15) is 9.67 Å². The summed E-state index contributed by atoms with van der Waals surface area (Å²) in [5, 5.41) is 1.76. The van der Waals surface area contributed by atoms with Crippen LogP contribution in [0.25, 0.3) is 0 Å². The van der Waals surface area contributed by atoms with Gasteiger partial charge in [0.15, 0.2) is 0 Å². The fourth-order valence-electron chi connectivity index (χ4n) is 1.26. The second-order valence-electron chi connectivity index (χ2n) is 2.98. The van der Waals surface area contributed by atoms with Crippen molar-refractivity contribution in [3.63, 3.8) is 0 Å². The van der Waals surface area contributed by atoms with Crippen molar-refractivity contribution in [1.82, 2.24) is 4.90 Å². The van der Waals surface area contributed by atoms with E-state index in [4.69, 9.17) is 0 Å². The standard InChI is InChI=1S/C9H7NO4S/c11-7-4-10(5-8(12)14-7)9(13)6-2-1-3-15-6/h1-3H,4-5H2. The maximum absolute atomic E-state index is 11.7. The second kappa shape index (κ2) is 3.82. The molecule has 1 aromatic rings. The fourth-order valence-corrected chi connectivity index (χ4v) is 1.95. The summed E-state index contributed by atoms with van der Waals surface area (Å²) in [5.74, 6) is -1.68. The van der Waals surface area contributed by atoms with Crippen molar-refractivity contribution in [3.8, 4) is 0 Å². The highest BCUT2D eigenvalue weighted by molar-refractivity contribution is 7.12. The van der Waals surface area contributed by atoms with Gasteiger partial charge in [0.25, 0.3) is 5.91 Å². The number of amides is 1. The molecule has 5 nitrogen and oxygen atoms in total. The molecule has 0 aliphatic carbocycles. The van der Waals surface area contributed by atoms with Gasteiger partial charge in [-0.25, -0.2) is 9.59 Å². The molecular weight excluding hydrogens is 218 g/mol. The first kappa shape index (κ1) is 9.85. The lowest BCUT2D eigenvalue weighted by Gasteiger charge is -2.23. The van der Waals surface area contributed by atoms with Crippen LogP contribution in [0.3, 0.4) is 0 Å². The quantitative estimate of drug-likeness (QED) is 0.508. The van der Waals surface area contributed by atoms with Crippen LogP contribution in [-0.2, 0) is 14.3 Å². The van der Waals surface area contributed by atoms with E-state index >= 15 is 0 Å². The zero-order valence-corrected chi connectivity index (χ0v) is 8.45. The Morgan fingerprint density at radius 1 is 1.33 bits per heavy atom. The first-order valence-electron chi connectivity index (χ1n) is 4.23. The summed E-state index contributed by atoms with van der Waals surface area (Å²) < 4.78 is 4.32. The van der Waals surface area contributed by atoms with Crippen molar-refractivity contribution in [2.45, 2.75) is 0 Å². The number of rotatable bonds is 1. The van der Waals surface area contributed by atoms with Gasteiger partial charge in [0.05, 0.1) is 4.88 Å². The smallest absolute Gasteiger partial charge is 0.333 e. The Labute approximate surface area is 89.2 Å². The minimum atomic E-state index is -0.684. The number of hydrogen-bond acceptors (Lipinski definition) is 5. The molecule has 0 unspecified atom stereocenters. The minimum absolute atomic E-state index is 0.164. The Bertz CT molecular complexity index is 396. The van der Waals surface area contributed by atoms with Crippen LogP contribution in [-0.4, -0.2) is 35.8 Å². The number of hydrogen-bond donors (Lipinski definition) is 0. The summed E-state index contributed by atoms with van der Waals surface area (Å²) in [7, 11) is 0. The lowest BCUT2D eigenvalue weighted by Crippen LogP contribution is -2.45. The van der Waals surface area contributed by atoms with Gasteiger partial charge in [0, 0.05) is 0 Å². The summed E-state index contributed by atoms with van der Waals surface area (Å²) >= 11 is 1.27. The van der Waals surface area contributed by atoms with E-state index in [-0.39, 0.29) is 19.0 Å². The van der Waals surface area contributed by atoms with Gasteiger partial charge >= 0.3 is 11.9 Å². The SMILES string of the molecule is O=C1CN(C(=O)c2cccs2)CC(=O)O1. The Morgan fingerprint density at radius 3 is 2.53 bits per heavy atom. The predicted molar refractivity (Wildman–Crippen MR) is 51.3 cm³/mol. The number of esters is 2. The maximum Gasteiger partial charge on any atom is 0.333 e. The highest BCUT2D eigenvalue weighted by Crippen LogP contribution is 2.13. The molecule has 6 heteroatoms. The van der Waals surface area contributed by atoms with E-state index in [0.29, 0.717) is 4.88 Å². The molecule has 1 aromatic heterocycles. The van der Waals surface area contributed by atoms with Crippen LogP contribution in [0, 0.1) is 0 Å². The van der Waals surface area contributed by atoms with Crippen LogP contribution in [0.4, 0.5) is 0 Å². The van der Waals surface area contributed by atoms with Crippen molar-refractivity contribution < 1.29 is 19.1 Å². The van der Waals surface area contributed by atoms with Gasteiger partial charge in [-0.2, -0.15) is 0 Å². The largest absolute Gasteiger partial charge is 0.390 e. The number of nitrogens with zero attached hydrogens (tertiary/aromatic N) is 1. The third-order valence-corrected chi connectivity index (χ3v) is 2.74. The van der Waals surface area contributed by atoms with Crippen LogP contribution >= 0.6 is 11.3 Å². The molecule has 0 atom stereocenters. The number of carbonyl (C=O) groups is 3. The Kier molecular flexibility index (Phi) is 2.51. The molecule has 0 bridgehead atoms. The lowest BCUT2D eigenvalue weighted by molar-refractivity contribution is -0.165. The second-order valence-corrected chi connectivity index (χ2v) is 3.93. The van der Waals surface area contributed by atoms with Crippen LogP contribution in [0.2, 0.25) is 0 Å². The molecule has 1 amide bonds. The molecule has 78 valence electrons. The van der Waals surface area contributed by atoms with E-state index in [1.807, 2.05) is 0 Å². The zero-order valence-electron chi connectivity index (χ0n) is 7.63. The molecule has 1 saturated heterocycles. The van der Waals surface area contributed by atoms with E-state index in [1.54, 1.807) is 17.5 Å². The fraction of sp³-hybridized carbons (Fsp3) is 0.222. The van der Waals surface area contributed by atoms with Crippen LogP contribution in [0.15, 0.2) is 17.5 Å². The normalized spacial score (nSPS) is 16.4. The predicted octanol–water partition coefficient (Wildman–Crippen LogP) is 0.274.